The van der Waals surface area contributed by atoms with Crippen LogP contribution in [0.3, 0.4) is 0 Å². The van der Waals surface area contributed by atoms with Gasteiger partial charge in [0, 0.05) is 5.69 Å². The summed E-state index contributed by atoms with van der Waals surface area (Å²) in [6, 6.07) is 17.3. The Balaban J connectivity index is 1.62. The number of benzene rings is 2. The lowest BCUT2D eigenvalue weighted by Gasteiger charge is -2.32. The summed E-state index contributed by atoms with van der Waals surface area (Å²) in [7, 11) is -0.390. The van der Waals surface area contributed by atoms with Crippen molar-refractivity contribution in [3.63, 3.8) is 0 Å². The van der Waals surface area contributed by atoms with Gasteiger partial charge in [0.25, 0.3) is 0 Å². The fraction of sp³-hybridized carbons (Fsp3) is 0.350. The maximum atomic E-state index is 12.1. The molecule has 0 aliphatic carbocycles. The second-order valence-corrected chi connectivity index (χ2v) is 7.42. The van der Waals surface area contributed by atoms with Gasteiger partial charge in [-0.15, -0.1) is 0 Å². The van der Waals surface area contributed by atoms with Crippen molar-refractivity contribution in [2.45, 2.75) is 45.3 Å². The van der Waals surface area contributed by atoms with Gasteiger partial charge in [-0.3, -0.25) is 4.79 Å². The Kier molecular flexibility index (Phi) is 4.72. The van der Waals surface area contributed by atoms with E-state index in [0.29, 0.717) is 6.42 Å². The molecule has 1 N–H and O–H groups in total. The van der Waals surface area contributed by atoms with E-state index < -0.39 is 0 Å². The van der Waals surface area contributed by atoms with Gasteiger partial charge in [-0.1, -0.05) is 42.5 Å². The van der Waals surface area contributed by atoms with Crippen LogP contribution in [-0.2, 0) is 20.5 Å². The summed E-state index contributed by atoms with van der Waals surface area (Å²) in [5.41, 5.74) is 1.98. The van der Waals surface area contributed by atoms with Crippen molar-refractivity contribution in [3.8, 4) is 0 Å². The molecular weight excluding hydrogens is 313 g/mol. The fourth-order valence-corrected chi connectivity index (χ4v) is 2.69. The van der Waals surface area contributed by atoms with Gasteiger partial charge in [0.2, 0.25) is 5.91 Å². The molecule has 5 heteroatoms. The predicted molar refractivity (Wildman–Crippen MR) is 101 cm³/mol. The molecule has 1 aliphatic heterocycles. The van der Waals surface area contributed by atoms with Crippen LogP contribution in [0.4, 0.5) is 5.69 Å². The minimum Gasteiger partial charge on any atom is -0.399 e. The molecule has 0 bridgehead atoms. The summed E-state index contributed by atoms with van der Waals surface area (Å²) in [5.74, 6) is -0.0328. The molecule has 0 spiro atoms. The number of anilines is 1. The molecule has 1 fully saturated rings. The lowest BCUT2D eigenvalue weighted by molar-refractivity contribution is -0.115. The Hall–Kier alpha value is -2.11. The zero-order valence-electron chi connectivity index (χ0n) is 15.2. The zero-order chi connectivity index (χ0) is 18.1. The Labute approximate surface area is 149 Å². The van der Waals surface area contributed by atoms with E-state index in [1.165, 1.54) is 0 Å². The summed E-state index contributed by atoms with van der Waals surface area (Å²) in [5, 5.41) is 2.92. The standard InChI is InChI=1S/C20H24BNO3/c1-19(2)20(3,4)25-21(24-19)16-10-12-17(13-11-16)22-18(23)14-15-8-6-5-7-9-15/h5-13H,14H2,1-4H3,(H,22,23). The first-order valence-corrected chi connectivity index (χ1v) is 8.56. The van der Waals surface area contributed by atoms with E-state index in [1.807, 2.05) is 82.3 Å². The summed E-state index contributed by atoms with van der Waals surface area (Å²) < 4.78 is 12.1. The van der Waals surface area contributed by atoms with Gasteiger partial charge in [-0.25, -0.2) is 0 Å². The highest BCUT2D eigenvalue weighted by Gasteiger charge is 2.51. The molecule has 0 aromatic heterocycles. The van der Waals surface area contributed by atoms with E-state index in [9.17, 15) is 4.79 Å². The van der Waals surface area contributed by atoms with Gasteiger partial charge in [0.1, 0.15) is 0 Å². The van der Waals surface area contributed by atoms with E-state index >= 15 is 0 Å². The van der Waals surface area contributed by atoms with E-state index in [1.54, 1.807) is 0 Å². The molecule has 0 radical (unpaired) electrons. The number of carbonyl (C=O) groups excluding carboxylic acids is 1. The normalized spacial score (nSPS) is 18.2. The Morgan fingerprint density at radius 2 is 1.48 bits per heavy atom. The summed E-state index contributed by atoms with van der Waals surface area (Å²) in [6.07, 6.45) is 0.361. The third kappa shape index (κ3) is 3.94. The molecular formula is C20H24BNO3. The van der Waals surface area contributed by atoms with Crippen LogP contribution in [0.15, 0.2) is 54.6 Å². The molecule has 0 atom stereocenters. The number of rotatable bonds is 4. The van der Waals surface area contributed by atoms with E-state index in [2.05, 4.69) is 5.32 Å². The minimum absolute atomic E-state index is 0.0328. The van der Waals surface area contributed by atoms with E-state index in [-0.39, 0.29) is 24.2 Å². The Morgan fingerprint density at radius 3 is 2.04 bits per heavy atom. The molecule has 1 saturated heterocycles. The predicted octanol–water partition coefficient (Wildman–Crippen LogP) is 3.17. The summed E-state index contributed by atoms with van der Waals surface area (Å²) in [4.78, 5) is 12.1. The van der Waals surface area contributed by atoms with Crippen LogP contribution in [0.2, 0.25) is 0 Å². The number of carbonyl (C=O) groups is 1. The van der Waals surface area contributed by atoms with Crippen molar-refractivity contribution >= 4 is 24.2 Å². The molecule has 3 rings (SSSR count). The van der Waals surface area contributed by atoms with E-state index in [4.69, 9.17) is 9.31 Å². The lowest BCUT2D eigenvalue weighted by atomic mass is 9.79. The molecule has 1 aliphatic rings. The van der Waals surface area contributed by atoms with Gasteiger partial charge in [0.15, 0.2) is 0 Å². The molecule has 1 amide bonds. The zero-order valence-corrected chi connectivity index (χ0v) is 15.2. The highest BCUT2D eigenvalue weighted by atomic mass is 16.7. The van der Waals surface area contributed by atoms with Crippen molar-refractivity contribution < 1.29 is 14.1 Å². The van der Waals surface area contributed by atoms with Gasteiger partial charge in [-0.05, 0) is 50.9 Å². The second kappa shape index (κ2) is 6.66. The fourth-order valence-electron chi connectivity index (χ4n) is 2.69. The van der Waals surface area contributed by atoms with Crippen molar-refractivity contribution in [2.24, 2.45) is 0 Å². The average Bonchev–Trinajstić information content (AvgIpc) is 2.77. The first-order valence-electron chi connectivity index (χ1n) is 8.56. The third-order valence-electron chi connectivity index (χ3n) is 4.93. The van der Waals surface area contributed by atoms with Crippen LogP contribution >= 0.6 is 0 Å². The van der Waals surface area contributed by atoms with Crippen molar-refractivity contribution in [3.05, 3.63) is 60.2 Å². The molecule has 0 unspecified atom stereocenters. The molecule has 2 aromatic carbocycles. The van der Waals surface area contributed by atoms with Gasteiger partial charge in [-0.2, -0.15) is 0 Å². The Bertz CT molecular complexity index is 725. The molecule has 4 nitrogen and oxygen atoms in total. The van der Waals surface area contributed by atoms with Gasteiger partial charge >= 0.3 is 7.12 Å². The topological polar surface area (TPSA) is 47.6 Å². The average molecular weight is 337 g/mol. The van der Waals surface area contributed by atoms with Crippen LogP contribution in [0.1, 0.15) is 33.3 Å². The monoisotopic (exact) mass is 337 g/mol. The highest BCUT2D eigenvalue weighted by Crippen LogP contribution is 2.36. The van der Waals surface area contributed by atoms with Crippen LogP contribution in [0.25, 0.3) is 0 Å². The SMILES string of the molecule is CC1(C)OB(c2ccc(NC(=O)Cc3ccccc3)cc2)OC1(C)C. The van der Waals surface area contributed by atoms with Crippen LogP contribution in [0, 0.1) is 0 Å². The molecule has 0 saturated carbocycles. The number of nitrogens with one attached hydrogen (secondary N) is 1. The number of hydrogen-bond donors (Lipinski definition) is 1. The molecule has 2 aromatic rings. The largest absolute Gasteiger partial charge is 0.494 e. The van der Waals surface area contributed by atoms with Crippen LogP contribution in [0.5, 0.6) is 0 Å². The molecule has 1 heterocycles. The van der Waals surface area contributed by atoms with Crippen molar-refractivity contribution in [1.82, 2.24) is 0 Å². The lowest BCUT2D eigenvalue weighted by Crippen LogP contribution is -2.41. The minimum atomic E-state index is -0.390. The van der Waals surface area contributed by atoms with Gasteiger partial charge in [0.05, 0.1) is 17.6 Å². The smallest absolute Gasteiger partial charge is 0.399 e. The van der Waals surface area contributed by atoms with Crippen molar-refractivity contribution in [1.29, 1.82) is 0 Å². The third-order valence-corrected chi connectivity index (χ3v) is 4.93. The Morgan fingerprint density at radius 1 is 0.920 bits per heavy atom. The maximum Gasteiger partial charge on any atom is 0.494 e. The molecule has 25 heavy (non-hydrogen) atoms. The first kappa shape index (κ1) is 17.7. The quantitative estimate of drug-likeness (QED) is 0.872. The maximum absolute atomic E-state index is 12.1. The van der Waals surface area contributed by atoms with Crippen LogP contribution < -0.4 is 10.8 Å². The number of hydrogen-bond acceptors (Lipinski definition) is 3. The van der Waals surface area contributed by atoms with E-state index in [0.717, 1.165) is 16.7 Å². The second-order valence-electron chi connectivity index (χ2n) is 7.42. The first-order chi connectivity index (χ1) is 11.8. The van der Waals surface area contributed by atoms with Crippen molar-refractivity contribution in [2.75, 3.05) is 5.32 Å². The molecule has 130 valence electrons. The number of amides is 1. The van der Waals surface area contributed by atoms with Gasteiger partial charge < -0.3 is 14.6 Å². The summed E-state index contributed by atoms with van der Waals surface area (Å²) in [6.45, 7) is 8.13. The highest BCUT2D eigenvalue weighted by molar-refractivity contribution is 6.62. The summed E-state index contributed by atoms with van der Waals surface area (Å²) >= 11 is 0. The van der Waals surface area contributed by atoms with Crippen LogP contribution in [-0.4, -0.2) is 24.2 Å².